The standard InChI is InChI=1S/C11H13Cl2N3O3/c1-11(2,3)7(10(18)19)14-9(17)5-4-6(12)15-16-8(5)13/h4,7H,1-3H3,(H,14,17)(H,18,19). The number of hydrogen-bond donors (Lipinski definition) is 2. The van der Waals surface area contributed by atoms with Gasteiger partial charge in [-0.1, -0.05) is 44.0 Å². The lowest BCUT2D eigenvalue weighted by atomic mass is 9.86. The maximum Gasteiger partial charge on any atom is 0.326 e. The number of halogens is 2. The summed E-state index contributed by atoms with van der Waals surface area (Å²) >= 11 is 11.3. The summed E-state index contributed by atoms with van der Waals surface area (Å²) in [6.07, 6.45) is 0. The van der Waals surface area contributed by atoms with Crippen molar-refractivity contribution in [1.29, 1.82) is 0 Å². The minimum atomic E-state index is -1.13. The van der Waals surface area contributed by atoms with Gasteiger partial charge in [0, 0.05) is 0 Å². The van der Waals surface area contributed by atoms with Gasteiger partial charge in [-0.3, -0.25) is 4.79 Å². The van der Waals surface area contributed by atoms with E-state index in [1.807, 2.05) is 0 Å². The predicted molar refractivity (Wildman–Crippen MR) is 70.4 cm³/mol. The molecule has 0 aromatic carbocycles. The summed E-state index contributed by atoms with van der Waals surface area (Å²) < 4.78 is 0. The average Bonchev–Trinajstić information content (AvgIpc) is 2.26. The van der Waals surface area contributed by atoms with Gasteiger partial charge < -0.3 is 10.4 Å². The van der Waals surface area contributed by atoms with Crippen molar-refractivity contribution in [3.05, 3.63) is 21.9 Å². The minimum absolute atomic E-state index is 0.00261. The van der Waals surface area contributed by atoms with Crippen LogP contribution in [0.2, 0.25) is 10.3 Å². The molecule has 0 spiro atoms. The first-order valence-electron chi connectivity index (χ1n) is 5.35. The molecule has 19 heavy (non-hydrogen) atoms. The van der Waals surface area contributed by atoms with E-state index in [1.54, 1.807) is 20.8 Å². The fraction of sp³-hybridized carbons (Fsp3) is 0.455. The summed E-state index contributed by atoms with van der Waals surface area (Å²) in [5.41, 5.74) is -0.671. The third-order valence-corrected chi connectivity index (χ3v) is 2.82. The molecule has 1 amide bonds. The van der Waals surface area contributed by atoms with Crippen LogP contribution < -0.4 is 5.32 Å². The van der Waals surface area contributed by atoms with E-state index in [1.165, 1.54) is 6.07 Å². The van der Waals surface area contributed by atoms with Gasteiger partial charge in [0.2, 0.25) is 0 Å². The normalized spacial score (nSPS) is 12.9. The second-order valence-electron chi connectivity index (χ2n) is 4.98. The number of nitrogens with one attached hydrogen (secondary N) is 1. The lowest BCUT2D eigenvalue weighted by Gasteiger charge is -2.27. The molecule has 0 aliphatic rings. The Morgan fingerprint density at radius 2 is 1.89 bits per heavy atom. The van der Waals surface area contributed by atoms with Gasteiger partial charge in [-0.2, -0.15) is 0 Å². The van der Waals surface area contributed by atoms with Crippen molar-refractivity contribution in [2.45, 2.75) is 26.8 Å². The molecule has 1 heterocycles. The van der Waals surface area contributed by atoms with Gasteiger partial charge in [-0.25, -0.2) is 4.79 Å². The van der Waals surface area contributed by atoms with E-state index in [-0.39, 0.29) is 15.9 Å². The van der Waals surface area contributed by atoms with E-state index in [4.69, 9.17) is 28.3 Å². The Kier molecular flexibility index (Phi) is 4.70. The van der Waals surface area contributed by atoms with Gasteiger partial charge in [-0.15, -0.1) is 10.2 Å². The van der Waals surface area contributed by atoms with Crippen molar-refractivity contribution < 1.29 is 14.7 Å². The monoisotopic (exact) mass is 305 g/mol. The first kappa shape index (κ1) is 15.7. The maximum atomic E-state index is 12.0. The fourth-order valence-corrected chi connectivity index (χ4v) is 1.69. The highest BCUT2D eigenvalue weighted by Gasteiger charge is 2.33. The highest BCUT2D eigenvalue weighted by molar-refractivity contribution is 6.34. The quantitative estimate of drug-likeness (QED) is 0.891. The molecule has 1 aromatic rings. The molecule has 0 fully saturated rings. The largest absolute Gasteiger partial charge is 0.480 e. The van der Waals surface area contributed by atoms with E-state index in [0.717, 1.165) is 0 Å². The molecule has 0 radical (unpaired) electrons. The number of carboxylic acid groups (broad SMARTS) is 1. The number of carbonyl (C=O) groups excluding carboxylic acids is 1. The molecule has 0 saturated heterocycles. The molecule has 0 saturated carbocycles. The summed E-state index contributed by atoms with van der Waals surface area (Å²) in [4.78, 5) is 23.2. The molecule has 0 aliphatic carbocycles. The fourth-order valence-electron chi connectivity index (χ4n) is 1.37. The molecule has 104 valence electrons. The van der Waals surface area contributed by atoms with Crippen LogP contribution in [0.15, 0.2) is 6.07 Å². The Labute approximate surface area is 120 Å². The molecular weight excluding hydrogens is 293 g/mol. The molecule has 0 bridgehead atoms. The number of rotatable bonds is 3. The number of carboxylic acids is 1. The van der Waals surface area contributed by atoms with Crippen LogP contribution in [0.3, 0.4) is 0 Å². The van der Waals surface area contributed by atoms with Crippen LogP contribution >= 0.6 is 23.2 Å². The SMILES string of the molecule is CC(C)(C)C(NC(=O)c1cc(Cl)nnc1Cl)C(=O)O. The molecule has 6 nitrogen and oxygen atoms in total. The van der Waals surface area contributed by atoms with E-state index in [0.29, 0.717) is 0 Å². The Morgan fingerprint density at radius 3 is 2.37 bits per heavy atom. The van der Waals surface area contributed by atoms with Crippen LogP contribution in [0.1, 0.15) is 31.1 Å². The van der Waals surface area contributed by atoms with Crippen LogP contribution in [0.4, 0.5) is 0 Å². The molecule has 1 atom stereocenters. The Hall–Kier alpha value is -1.40. The number of nitrogens with zero attached hydrogens (tertiary/aromatic N) is 2. The summed E-state index contributed by atoms with van der Waals surface area (Å²) in [6, 6.07) is 0.163. The van der Waals surface area contributed by atoms with Crippen molar-refractivity contribution in [1.82, 2.24) is 15.5 Å². The third kappa shape index (κ3) is 4.04. The van der Waals surface area contributed by atoms with Gasteiger partial charge in [0.15, 0.2) is 10.3 Å². The van der Waals surface area contributed by atoms with Gasteiger partial charge >= 0.3 is 5.97 Å². The van der Waals surface area contributed by atoms with Crippen molar-refractivity contribution in [2.75, 3.05) is 0 Å². The lowest BCUT2D eigenvalue weighted by molar-refractivity contribution is -0.142. The minimum Gasteiger partial charge on any atom is -0.480 e. The molecule has 0 aliphatic heterocycles. The number of amides is 1. The number of aromatic nitrogens is 2. The van der Waals surface area contributed by atoms with Gasteiger partial charge in [0.1, 0.15) is 6.04 Å². The number of aliphatic carboxylic acids is 1. The lowest BCUT2D eigenvalue weighted by Crippen LogP contribution is -2.49. The molecule has 1 aromatic heterocycles. The smallest absolute Gasteiger partial charge is 0.326 e. The zero-order valence-corrected chi connectivity index (χ0v) is 12.1. The van der Waals surface area contributed by atoms with E-state index >= 15 is 0 Å². The topological polar surface area (TPSA) is 92.2 Å². The van der Waals surface area contributed by atoms with Crippen LogP contribution in [0.25, 0.3) is 0 Å². The Morgan fingerprint density at radius 1 is 1.32 bits per heavy atom. The second kappa shape index (κ2) is 5.71. The van der Waals surface area contributed by atoms with Gasteiger partial charge in [0.25, 0.3) is 5.91 Å². The maximum absolute atomic E-state index is 12.0. The average molecular weight is 306 g/mol. The first-order valence-corrected chi connectivity index (χ1v) is 6.11. The number of carbonyl (C=O) groups is 2. The molecule has 1 rings (SSSR count). The van der Waals surface area contributed by atoms with Gasteiger partial charge in [-0.05, 0) is 11.5 Å². The summed E-state index contributed by atoms with van der Waals surface area (Å²) in [5, 5.41) is 18.3. The third-order valence-electron chi connectivity index (χ3n) is 2.35. The number of hydrogen-bond acceptors (Lipinski definition) is 4. The molecule has 8 heteroatoms. The zero-order chi connectivity index (χ0) is 14.8. The highest BCUT2D eigenvalue weighted by Crippen LogP contribution is 2.21. The first-order chi connectivity index (χ1) is 8.62. The van der Waals surface area contributed by atoms with E-state index in [2.05, 4.69) is 15.5 Å². The van der Waals surface area contributed by atoms with E-state index in [9.17, 15) is 9.59 Å². The van der Waals surface area contributed by atoms with Crippen molar-refractivity contribution in [3.8, 4) is 0 Å². The Bertz CT molecular complexity index is 514. The van der Waals surface area contributed by atoms with Crippen LogP contribution in [-0.2, 0) is 4.79 Å². The van der Waals surface area contributed by atoms with Crippen molar-refractivity contribution in [2.24, 2.45) is 5.41 Å². The highest BCUT2D eigenvalue weighted by atomic mass is 35.5. The second-order valence-corrected chi connectivity index (χ2v) is 5.73. The summed E-state index contributed by atoms with van der Waals surface area (Å²) in [7, 11) is 0. The van der Waals surface area contributed by atoms with Gasteiger partial charge in [0.05, 0.1) is 5.56 Å². The van der Waals surface area contributed by atoms with Crippen LogP contribution in [0.5, 0.6) is 0 Å². The predicted octanol–water partition coefficient (Wildman–Crippen LogP) is 2.01. The van der Waals surface area contributed by atoms with Crippen molar-refractivity contribution >= 4 is 35.1 Å². The molecule has 2 N–H and O–H groups in total. The Balaban J connectivity index is 3.01. The summed E-state index contributed by atoms with van der Waals surface area (Å²) in [6.45, 7) is 5.10. The van der Waals surface area contributed by atoms with Crippen LogP contribution in [-0.4, -0.2) is 33.2 Å². The van der Waals surface area contributed by atoms with E-state index < -0.39 is 23.3 Å². The molecular formula is C11H13Cl2N3O3. The van der Waals surface area contributed by atoms with Crippen LogP contribution in [0, 0.1) is 5.41 Å². The summed E-state index contributed by atoms with van der Waals surface area (Å²) in [5.74, 6) is -1.80. The zero-order valence-electron chi connectivity index (χ0n) is 10.6. The molecule has 1 unspecified atom stereocenters. The van der Waals surface area contributed by atoms with Crippen molar-refractivity contribution in [3.63, 3.8) is 0 Å².